The number of aromatic nitrogens is 2. The number of anilines is 1. The van der Waals surface area contributed by atoms with Gasteiger partial charge < -0.3 is 10.1 Å². The normalized spacial score (nSPS) is 19.2. The number of amides is 1. The van der Waals surface area contributed by atoms with Crippen LogP contribution in [-0.2, 0) is 9.53 Å². The van der Waals surface area contributed by atoms with Gasteiger partial charge in [-0.3, -0.25) is 9.78 Å². The van der Waals surface area contributed by atoms with E-state index >= 15 is 0 Å². The third kappa shape index (κ3) is 3.72. The van der Waals surface area contributed by atoms with Gasteiger partial charge in [0, 0.05) is 29.9 Å². The summed E-state index contributed by atoms with van der Waals surface area (Å²) >= 11 is 1.23. The van der Waals surface area contributed by atoms with Crippen LogP contribution in [0.1, 0.15) is 18.1 Å². The standard InChI is InChI=1S/C19H15F2N3O2S/c20-14-4-3-11(8-15(14)21)16-10-27-19(23-16)24-18(25)13-5-7-26-17(13)12-2-1-6-22-9-12/h1-4,6,8-10,13,17H,5,7H2,(H,23,24,25)/t13-,17+/m0/s1. The van der Waals surface area contributed by atoms with Gasteiger partial charge in [-0.15, -0.1) is 11.3 Å². The summed E-state index contributed by atoms with van der Waals surface area (Å²) in [5.74, 6) is -2.38. The first-order valence-corrected chi connectivity index (χ1v) is 9.23. The Bertz CT molecular complexity index is 965. The summed E-state index contributed by atoms with van der Waals surface area (Å²) in [6.07, 6.45) is 3.63. The van der Waals surface area contributed by atoms with Crippen molar-refractivity contribution in [2.45, 2.75) is 12.5 Å². The van der Waals surface area contributed by atoms with E-state index in [1.54, 1.807) is 23.8 Å². The fraction of sp³-hybridized carbons (Fsp3) is 0.211. The number of nitrogens with zero attached hydrogens (tertiary/aromatic N) is 2. The third-order valence-electron chi connectivity index (χ3n) is 4.39. The molecule has 0 spiro atoms. The van der Waals surface area contributed by atoms with Crippen molar-refractivity contribution in [3.8, 4) is 11.3 Å². The molecule has 138 valence electrons. The molecule has 0 aliphatic carbocycles. The molecule has 2 aromatic heterocycles. The van der Waals surface area contributed by atoms with Gasteiger partial charge in [-0.1, -0.05) is 6.07 Å². The predicted octanol–water partition coefficient (Wildman–Crippen LogP) is 4.20. The van der Waals surface area contributed by atoms with Crippen molar-refractivity contribution in [2.24, 2.45) is 5.92 Å². The van der Waals surface area contributed by atoms with Crippen molar-refractivity contribution in [1.82, 2.24) is 9.97 Å². The summed E-state index contributed by atoms with van der Waals surface area (Å²) in [6, 6.07) is 7.27. The van der Waals surface area contributed by atoms with Crippen molar-refractivity contribution >= 4 is 22.4 Å². The average molecular weight is 387 g/mol. The zero-order valence-corrected chi connectivity index (χ0v) is 14.9. The van der Waals surface area contributed by atoms with E-state index in [4.69, 9.17) is 4.74 Å². The number of halogens is 2. The Balaban J connectivity index is 1.48. The molecule has 5 nitrogen and oxygen atoms in total. The molecule has 0 bridgehead atoms. The smallest absolute Gasteiger partial charge is 0.232 e. The number of rotatable bonds is 4. The SMILES string of the molecule is O=C(Nc1nc(-c2ccc(F)c(F)c2)cs1)[C@H]1CCO[C@@H]1c1cccnc1. The molecule has 1 aliphatic rings. The molecule has 0 radical (unpaired) electrons. The zero-order valence-electron chi connectivity index (χ0n) is 14.1. The summed E-state index contributed by atoms with van der Waals surface area (Å²) in [7, 11) is 0. The quantitative estimate of drug-likeness (QED) is 0.729. The van der Waals surface area contributed by atoms with Gasteiger partial charge in [0.15, 0.2) is 16.8 Å². The van der Waals surface area contributed by atoms with Crippen molar-refractivity contribution < 1.29 is 18.3 Å². The first kappa shape index (κ1) is 17.7. The number of thiazole rings is 1. The maximum atomic E-state index is 13.4. The van der Waals surface area contributed by atoms with E-state index in [1.165, 1.54) is 17.4 Å². The first-order chi connectivity index (χ1) is 13.1. The van der Waals surface area contributed by atoms with E-state index in [0.29, 0.717) is 29.4 Å². The third-order valence-corrected chi connectivity index (χ3v) is 5.15. The van der Waals surface area contributed by atoms with Crippen LogP contribution >= 0.6 is 11.3 Å². The number of hydrogen-bond acceptors (Lipinski definition) is 5. The molecule has 1 aliphatic heterocycles. The fourth-order valence-corrected chi connectivity index (χ4v) is 3.77. The Hall–Kier alpha value is -2.71. The van der Waals surface area contributed by atoms with Crippen LogP contribution in [0.3, 0.4) is 0 Å². The number of pyridine rings is 1. The Morgan fingerprint density at radius 3 is 2.93 bits per heavy atom. The predicted molar refractivity (Wildman–Crippen MR) is 97.1 cm³/mol. The average Bonchev–Trinajstić information content (AvgIpc) is 3.34. The van der Waals surface area contributed by atoms with E-state index in [-0.39, 0.29) is 17.9 Å². The molecule has 1 aromatic carbocycles. The molecule has 3 heterocycles. The molecule has 1 saturated heterocycles. The van der Waals surface area contributed by atoms with Crippen LogP contribution in [0, 0.1) is 17.6 Å². The molecule has 0 saturated carbocycles. The van der Waals surface area contributed by atoms with Gasteiger partial charge >= 0.3 is 0 Å². The van der Waals surface area contributed by atoms with Gasteiger partial charge in [-0.2, -0.15) is 0 Å². The minimum atomic E-state index is -0.937. The number of benzene rings is 1. The number of ether oxygens (including phenoxy) is 1. The molecule has 27 heavy (non-hydrogen) atoms. The maximum Gasteiger partial charge on any atom is 0.232 e. The maximum absolute atomic E-state index is 13.4. The van der Waals surface area contributed by atoms with Crippen LogP contribution in [0.4, 0.5) is 13.9 Å². The molecule has 2 atom stereocenters. The van der Waals surface area contributed by atoms with Crippen molar-refractivity contribution in [3.63, 3.8) is 0 Å². The van der Waals surface area contributed by atoms with Crippen LogP contribution in [-0.4, -0.2) is 22.5 Å². The van der Waals surface area contributed by atoms with Crippen molar-refractivity contribution in [1.29, 1.82) is 0 Å². The van der Waals surface area contributed by atoms with Crippen LogP contribution < -0.4 is 5.32 Å². The van der Waals surface area contributed by atoms with Crippen LogP contribution in [0.25, 0.3) is 11.3 Å². The summed E-state index contributed by atoms with van der Waals surface area (Å²) in [6.45, 7) is 0.496. The lowest BCUT2D eigenvalue weighted by Gasteiger charge is -2.17. The molecule has 3 aromatic rings. The lowest BCUT2D eigenvalue weighted by atomic mass is 9.95. The molecule has 0 unspecified atom stereocenters. The topological polar surface area (TPSA) is 64.1 Å². The fourth-order valence-electron chi connectivity index (χ4n) is 3.05. The molecule has 4 rings (SSSR count). The van der Waals surface area contributed by atoms with Crippen molar-refractivity contribution in [2.75, 3.05) is 11.9 Å². The molecule has 8 heteroatoms. The Kier molecular flexibility index (Phi) is 4.91. The van der Waals surface area contributed by atoms with Gasteiger partial charge in [0.2, 0.25) is 5.91 Å². The van der Waals surface area contributed by atoms with Crippen LogP contribution in [0.2, 0.25) is 0 Å². The molecule has 1 amide bonds. The highest BCUT2D eigenvalue weighted by atomic mass is 32.1. The number of nitrogens with one attached hydrogen (secondary N) is 1. The molecular weight excluding hydrogens is 372 g/mol. The van der Waals surface area contributed by atoms with Gasteiger partial charge in [0.25, 0.3) is 0 Å². The minimum absolute atomic E-state index is 0.187. The van der Waals surface area contributed by atoms with Crippen LogP contribution in [0.5, 0.6) is 0 Å². The van der Waals surface area contributed by atoms with E-state index in [9.17, 15) is 13.6 Å². The Labute approximate surface area is 158 Å². The highest BCUT2D eigenvalue weighted by molar-refractivity contribution is 7.14. The first-order valence-electron chi connectivity index (χ1n) is 8.35. The van der Waals surface area contributed by atoms with Gasteiger partial charge in [-0.05, 0) is 36.2 Å². The second-order valence-corrected chi connectivity index (χ2v) is 6.99. The summed E-state index contributed by atoms with van der Waals surface area (Å²) in [4.78, 5) is 21.1. The zero-order chi connectivity index (χ0) is 18.8. The van der Waals surface area contributed by atoms with E-state index in [2.05, 4.69) is 15.3 Å². The molecule has 1 N–H and O–H groups in total. The lowest BCUT2D eigenvalue weighted by Crippen LogP contribution is -2.25. The highest BCUT2D eigenvalue weighted by Gasteiger charge is 2.35. The van der Waals surface area contributed by atoms with E-state index < -0.39 is 11.6 Å². The van der Waals surface area contributed by atoms with Gasteiger partial charge in [-0.25, -0.2) is 13.8 Å². The highest BCUT2D eigenvalue weighted by Crippen LogP contribution is 2.35. The number of hydrogen-bond donors (Lipinski definition) is 1. The Morgan fingerprint density at radius 2 is 2.15 bits per heavy atom. The molecule has 1 fully saturated rings. The van der Waals surface area contributed by atoms with E-state index in [1.807, 2.05) is 6.07 Å². The summed E-state index contributed by atoms with van der Waals surface area (Å²) in [5.41, 5.74) is 1.78. The second-order valence-electron chi connectivity index (χ2n) is 6.13. The Morgan fingerprint density at radius 1 is 1.26 bits per heavy atom. The summed E-state index contributed by atoms with van der Waals surface area (Å²) in [5, 5.41) is 4.89. The van der Waals surface area contributed by atoms with Crippen LogP contribution in [0.15, 0.2) is 48.1 Å². The molecular formula is C19H15F2N3O2S. The number of carbonyl (C=O) groups is 1. The lowest BCUT2D eigenvalue weighted by molar-refractivity contribution is -0.121. The number of carbonyl (C=O) groups excluding carboxylic acids is 1. The van der Waals surface area contributed by atoms with E-state index in [0.717, 1.165) is 17.7 Å². The summed E-state index contributed by atoms with van der Waals surface area (Å²) < 4.78 is 32.2. The second kappa shape index (κ2) is 7.50. The largest absolute Gasteiger partial charge is 0.373 e. The minimum Gasteiger partial charge on any atom is -0.373 e. The van der Waals surface area contributed by atoms with Gasteiger partial charge in [0.1, 0.15) is 0 Å². The van der Waals surface area contributed by atoms with Gasteiger partial charge in [0.05, 0.1) is 17.7 Å². The monoisotopic (exact) mass is 387 g/mol. The van der Waals surface area contributed by atoms with Crippen molar-refractivity contribution in [3.05, 3.63) is 65.3 Å².